The third-order valence-corrected chi connectivity index (χ3v) is 2.70. The molecular weight excluding hydrogens is 226 g/mol. The smallest absolute Gasteiger partial charge is 0.294 e. The van der Waals surface area contributed by atoms with Crippen molar-refractivity contribution >= 4 is 29.4 Å². The predicted molar refractivity (Wildman–Crippen MR) is 62.1 cm³/mol. The number of carbonyl (C=O) groups is 2. The second kappa shape index (κ2) is 4.10. The molecule has 82 valence electrons. The summed E-state index contributed by atoms with van der Waals surface area (Å²) in [5, 5.41) is 0.646. The first kappa shape index (κ1) is 10.9. The normalized spacial score (nSPS) is 18.6. The van der Waals surface area contributed by atoms with Gasteiger partial charge in [-0.25, -0.2) is 0 Å². The lowest BCUT2D eigenvalue weighted by Gasteiger charge is -2.02. The van der Waals surface area contributed by atoms with E-state index in [1.165, 1.54) is 4.90 Å². The lowest BCUT2D eigenvalue weighted by atomic mass is 10.1. The zero-order chi connectivity index (χ0) is 11.7. The molecule has 1 aliphatic rings. The standard InChI is InChI=1S/C12H10ClNO2/c1-14-7-9(11(15)12(14)16)6-8-2-4-10(13)5-3-8/h2-6H,7H2,1H3. The minimum atomic E-state index is -0.444. The number of likely N-dealkylation sites (N-methyl/N-ethyl adjacent to an activating group) is 1. The van der Waals surface area contributed by atoms with Crippen molar-refractivity contribution in [1.82, 2.24) is 4.90 Å². The highest BCUT2D eigenvalue weighted by Gasteiger charge is 2.31. The number of amides is 1. The summed E-state index contributed by atoms with van der Waals surface area (Å²) >= 11 is 5.75. The number of ketones is 1. The maximum Gasteiger partial charge on any atom is 0.294 e. The van der Waals surface area contributed by atoms with E-state index in [-0.39, 0.29) is 0 Å². The predicted octanol–water partition coefficient (Wildman–Crippen LogP) is 1.76. The fourth-order valence-corrected chi connectivity index (χ4v) is 1.71. The van der Waals surface area contributed by atoms with Crippen LogP contribution in [0, 0.1) is 0 Å². The van der Waals surface area contributed by atoms with E-state index >= 15 is 0 Å². The van der Waals surface area contributed by atoms with Gasteiger partial charge in [0.1, 0.15) is 0 Å². The molecule has 1 aliphatic heterocycles. The largest absolute Gasteiger partial charge is 0.334 e. The Morgan fingerprint density at radius 2 is 1.88 bits per heavy atom. The number of nitrogens with zero attached hydrogens (tertiary/aromatic N) is 1. The summed E-state index contributed by atoms with van der Waals surface area (Å²) in [5.74, 6) is -0.863. The van der Waals surface area contributed by atoms with Crippen molar-refractivity contribution in [2.45, 2.75) is 0 Å². The molecule has 0 aromatic heterocycles. The van der Waals surface area contributed by atoms with Gasteiger partial charge in [0.05, 0.1) is 0 Å². The summed E-state index contributed by atoms with van der Waals surface area (Å²) in [4.78, 5) is 24.2. The number of rotatable bonds is 1. The van der Waals surface area contributed by atoms with Gasteiger partial charge in [-0.3, -0.25) is 9.59 Å². The highest BCUT2D eigenvalue weighted by Crippen LogP contribution is 2.17. The molecule has 2 rings (SSSR count). The lowest BCUT2D eigenvalue weighted by Crippen LogP contribution is -2.22. The lowest BCUT2D eigenvalue weighted by molar-refractivity contribution is -0.138. The third-order valence-electron chi connectivity index (χ3n) is 2.45. The third kappa shape index (κ3) is 1.99. The van der Waals surface area contributed by atoms with Gasteiger partial charge < -0.3 is 4.90 Å². The van der Waals surface area contributed by atoms with Crippen LogP contribution in [0.25, 0.3) is 6.08 Å². The van der Waals surface area contributed by atoms with Crippen molar-refractivity contribution in [3.63, 3.8) is 0 Å². The number of hydrogen-bond donors (Lipinski definition) is 0. The van der Waals surface area contributed by atoms with Crippen LogP contribution in [0.3, 0.4) is 0 Å². The maximum atomic E-state index is 11.5. The van der Waals surface area contributed by atoms with Crippen LogP contribution in [0.1, 0.15) is 5.56 Å². The molecule has 0 aliphatic carbocycles. The maximum absolute atomic E-state index is 11.5. The van der Waals surface area contributed by atoms with Crippen LogP contribution < -0.4 is 0 Å². The van der Waals surface area contributed by atoms with Crippen molar-refractivity contribution < 1.29 is 9.59 Å². The summed E-state index contributed by atoms with van der Waals surface area (Å²) in [5.41, 5.74) is 1.39. The Balaban J connectivity index is 2.29. The van der Waals surface area contributed by atoms with E-state index in [1.54, 1.807) is 25.3 Å². The van der Waals surface area contributed by atoms with Crippen molar-refractivity contribution in [2.24, 2.45) is 0 Å². The van der Waals surface area contributed by atoms with Gasteiger partial charge in [-0.1, -0.05) is 23.7 Å². The first-order valence-corrected chi connectivity index (χ1v) is 5.21. The Morgan fingerprint density at radius 3 is 2.38 bits per heavy atom. The number of likely N-dealkylation sites (tertiary alicyclic amines) is 1. The Labute approximate surface area is 98.3 Å². The van der Waals surface area contributed by atoms with Crippen molar-refractivity contribution in [1.29, 1.82) is 0 Å². The summed E-state index contributed by atoms with van der Waals surface area (Å²) in [6.07, 6.45) is 1.72. The van der Waals surface area contributed by atoms with Crippen LogP contribution >= 0.6 is 11.6 Å². The van der Waals surface area contributed by atoms with Crippen LogP contribution in [0.4, 0.5) is 0 Å². The van der Waals surface area contributed by atoms with E-state index in [2.05, 4.69) is 0 Å². The minimum absolute atomic E-state index is 0.375. The SMILES string of the molecule is CN1CC(=Cc2ccc(Cl)cc2)C(=O)C1=O. The monoisotopic (exact) mass is 235 g/mol. The van der Waals surface area contributed by atoms with Gasteiger partial charge in [-0.05, 0) is 23.8 Å². The molecule has 16 heavy (non-hydrogen) atoms. The molecular formula is C12H10ClNO2. The Kier molecular flexibility index (Phi) is 2.79. The first-order chi connectivity index (χ1) is 7.58. The molecule has 1 heterocycles. The topological polar surface area (TPSA) is 37.4 Å². The van der Waals surface area contributed by atoms with Gasteiger partial charge in [-0.15, -0.1) is 0 Å². The van der Waals surface area contributed by atoms with Crippen molar-refractivity contribution in [2.75, 3.05) is 13.6 Å². The number of halogens is 1. The fraction of sp³-hybridized carbons (Fsp3) is 0.167. The first-order valence-electron chi connectivity index (χ1n) is 4.84. The second-order valence-corrected chi connectivity index (χ2v) is 4.15. The van der Waals surface area contributed by atoms with Gasteiger partial charge in [0.15, 0.2) is 0 Å². The molecule has 0 bridgehead atoms. The Bertz CT molecular complexity index is 476. The number of benzene rings is 1. The highest BCUT2D eigenvalue weighted by atomic mass is 35.5. The van der Waals surface area contributed by atoms with Crippen LogP contribution in [-0.2, 0) is 9.59 Å². The molecule has 1 aromatic carbocycles. The Morgan fingerprint density at radius 1 is 1.25 bits per heavy atom. The zero-order valence-electron chi connectivity index (χ0n) is 8.74. The number of Topliss-reactive ketones (excluding diaryl/α,β-unsaturated/α-hetero) is 1. The average Bonchev–Trinajstić information content (AvgIpc) is 2.50. The molecule has 0 unspecified atom stereocenters. The molecule has 0 saturated carbocycles. The molecule has 1 amide bonds. The summed E-state index contributed by atoms with van der Waals surface area (Å²) < 4.78 is 0. The second-order valence-electron chi connectivity index (χ2n) is 3.71. The van der Waals surface area contributed by atoms with Crippen molar-refractivity contribution in [3.05, 3.63) is 40.4 Å². The van der Waals surface area contributed by atoms with E-state index in [1.807, 2.05) is 12.1 Å². The van der Waals surface area contributed by atoms with Gasteiger partial charge >= 0.3 is 0 Å². The summed E-state index contributed by atoms with van der Waals surface area (Å²) in [6.45, 7) is 0.375. The molecule has 1 aromatic rings. The molecule has 0 radical (unpaired) electrons. The van der Waals surface area contributed by atoms with Gasteiger partial charge in [0.25, 0.3) is 5.91 Å². The summed E-state index contributed by atoms with van der Waals surface area (Å²) in [6, 6.07) is 7.12. The van der Waals surface area contributed by atoms with E-state index in [0.29, 0.717) is 17.1 Å². The highest BCUT2D eigenvalue weighted by molar-refractivity contribution is 6.45. The quantitative estimate of drug-likeness (QED) is 0.550. The van der Waals surface area contributed by atoms with E-state index in [9.17, 15) is 9.59 Å². The van der Waals surface area contributed by atoms with E-state index in [4.69, 9.17) is 11.6 Å². The molecule has 1 saturated heterocycles. The molecule has 0 N–H and O–H groups in total. The number of hydrogen-bond acceptors (Lipinski definition) is 2. The van der Waals surface area contributed by atoms with Gasteiger partial charge in [-0.2, -0.15) is 0 Å². The van der Waals surface area contributed by atoms with Crippen molar-refractivity contribution in [3.8, 4) is 0 Å². The average molecular weight is 236 g/mol. The molecule has 4 heteroatoms. The van der Waals surface area contributed by atoms with Crippen LogP contribution in [-0.4, -0.2) is 30.2 Å². The van der Waals surface area contributed by atoms with E-state index in [0.717, 1.165) is 5.56 Å². The zero-order valence-corrected chi connectivity index (χ0v) is 9.49. The molecule has 1 fully saturated rings. The molecule has 3 nitrogen and oxygen atoms in total. The van der Waals surface area contributed by atoms with E-state index < -0.39 is 11.7 Å². The van der Waals surface area contributed by atoms with Crippen LogP contribution in [0.15, 0.2) is 29.8 Å². The fourth-order valence-electron chi connectivity index (χ4n) is 1.58. The van der Waals surface area contributed by atoms with Gasteiger partial charge in [0, 0.05) is 24.2 Å². The minimum Gasteiger partial charge on any atom is -0.334 e. The van der Waals surface area contributed by atoms with Crippen LogP contribution in [0.5, 0.6) is 0 Å². The number of carbonyl (C=O) groups excluding carboxylic acids is 2. The Hall–Kier alpha value is -1.61. The van der Waals surface area contributed by atoms with Crippen LogP contribution in [0.2, 0.25) is 5.02 Å². The summed E-state index contributed by atoms with van der Waals surface area (Å²) in [7, 11) is 1.61. The molecule has 0 atom stereocenters. The molecule has 0 spiro atoms. The van der Waals surface area contributed by atoms with Gasteiger partial charge in [0.2, 0.25) is 5.78 Å².